The van der Waals surface area contributed by atoms with Gasteiger partial charge in [0.05, 0.1) is 6.54 Å². The first-order valence-corrected chi connectivity index (χ1v) is 8.28. The van der Waals surface area contributed by atoms with Crippen LogP contribution in [0.2, 0.25) is 0 Å². The zero-order valence-corrected chi connectivity index (χ0v) is 16.5. The van der Waals surface area contributed by atoms with Crippen molar-refractivity contribution in [2.45, 2.75) is 31.8 Å². The number of thiazole rings is 1. The van der Waals surface area contributed by atoms with Gasteiger partial charge in [-0.15, -0.1) is 35.3 Å². The largest absolute Gasteiger partial charge is 0.353 e. The van der Waals surface area contributed by atoms with Gasteiger partial charge in [-0.1, -0.05) is 6.07 Å². The lowest BCUT2D eigenvalue weighted by Gasteiger charge is -2.11. The number of halogens is 3. The zero-order chi connectivity index (χ0) is 16.4. The van der Waals surface area contributed by atoms with Gasteiger partial charge in [-0.2, -0.15) is 0 Å². The molecule has 0 radical (unpaired) electrons. The van der Waals surface area contributed by atoms with E-state index in [4.69, 9.17) is 0 Å². The predicted molar refractivity (Wildman–Crippen MR) is 103 cm³/mol. The lowest BCUT2D eigenvalue weighted by Crippen LogP contribution is -2.38. The molecule has 2 N–H and O–H groups in total. The summed E-state index contributed by atoms with van der Waals surface area (Å²) in [5, 5.41) is 9.34. The van der Waals surface area contributed by atoms with Crippen LogP contribution in [0.5, 0.6) is 0 Å². The van der Waals surface area contributed by atoms with Crippen molar-refractivity contribution in [3.05, 3.63) is 51.5 Å². The Morgan fingerprint density at radius 1 is 1.38 bits per heavy atom. The Morgan fingerprint density at radius 2 is 2.08 bits per heavy atom. The molecular formula is C16H19F2IN4S. The first-order valence-electron chi connectivity index (χ1n) is 7.40. The standard InChI is InChI=1S/C16H18F2N4S.HI/c1-9-8-23-14(21-9)7-20-16(19-2)22-13-6-10(13)15-11(17)4-3-5-12(15)18;/h3-5,8,10,13H,6-7H2,1-2H3,(H2,19,20,22);1H. The molecule has 2 atom stereocenters. The van der Waals surface area contributed by atoms with Crippen LogP contribution in [-0.2, 0) is 6.54 Å². The molecule has 1 aromatic heterocycles. The van der Waals surface area contributed by atoms with E-state index < -0.39 is 11.6 Å². The molecule has 0 amide bonds. The van der Waals surface area contributed by atoms with Crippen LogP contribution >= 0.6 is 35.3 Å². The van der Waals surface area contributed by atoms with Gasteiger partial charge < -0.3 is 10.6 Å². The van der Waals surface area contributed by atoms with E-state index in [1.807, 2.05) is 12.3 Å². The maximum atomic E-state index is 13.8. The van der Waals surface area contributed by atoms with Gasteiger partial charge in [0.25, 0.3) is 0 Å². The smallest absolute Gasteiger partial charge is 0.191 e. The summed E-state index contributed by atoms with van der Waals surface area (Å²) in [5.74, 6) is -0.514. The molecular weight excluding hydrogens is 445 g/mol. The average Bonchev–Trinajstić information content (AvgIpc) is 3.14. The van der Waals surface area contributed by atoms with Crippen molar-refractivity contribution in [2.75, 3.05) is 7.05 Å². The molecule has 8 heteroatoms. The van der Waals surface area contributed by atoms with Gasteiger partial charge in [-0.25, -0.2) is 13.8 Å². The zero-order valence-electron chi connectivity index (χ0n) is 13.3. The number of nitrogens with zero attached hydrogens (tertiary/aromatic N) is 2. The van der Waals surface area contributed by atoms with E-state index in [9.17, 15) is 8.78 Å². The number of hydrogen-bond acceptors (Lipinski definition) is 3. The second-order valence-electron chi connectivity index (χ2n) is 5.54. The lowest BCUT2D eigenvalue weighted by molar-refractivity contribution is 0.553. The highest BCUT2D eigenvalue weighted by Crippen LogP contribution is 2.43. The van der Waals surface area contributed by atoms with Crippen LogP contribution < -0.4 is 10.6 Å². The van der Waals surface area contributed by atoms with Crippen molar-refractivity contribution in [3.63, 3.8) is 0 Å². The van der Waals surface area contributed by atoms with Gasteiger partial charge in [0.2, 0.25) is 0 Å². The van der Waals surface area contributed by atoms with E-state index in [1.54, 1.807) is 18.4 Å². The molecule has 3 rings (SSSR count). The van der Waals surface area contributed by atoms with E-state index in [-0.39, 0.29) is 41.5 Å². The highest BCUT2D eigenvalue weighted by molar-refractivity contribution is 14.0. The van der Waals surface area contributed by atoms with Crippen molar-refractivity contribution in [1.29, 1.82) is 0 Å². The second-order valence-corrected chi connectivity index (χ2v) is 6.48. The quantitative estimate of drug-likeness (QED) is 0.414. The van der Waals surface area contributed by atoms with Gasteiger partial charge in [0.1, 0.15) is 16.6 Å². The van der Waals surface area contributed by atoms with Crippen molar-refractivity contribution in [1.82, 2.24) is 15.6 Å². The Morgan fingerprint density at radius 3 is 2.67 bits per heavy atom. The summed E-state index contributed by atoms with van der Waals surface area (Å²) in [6, 6.07) is 3.97. The maximum Gasteiger partial charge on any atom is 0.191 e. The van der Waals surface area contributed by atoms with Crippen LogP contribution in [-0.4, -0.2) is 24.0 Å². The highest BCUT2D eigenvalue weighted by Gasteiger charge is 2.42. The second kappa shape index (κ2) is 8.19. The number of benzene rings is 1. The Bertz CT molecular complexity index is 714. The SMILES string of the molecule is CN=C(NCc1nc(C)cs1)NC1CC1c1c(F)cccc1F.I. The summed E-state index contributed by atoms with van der Waals surface area (Å²) in [6.45, 7) is 2.52. The van der Waals surface area contributed by atoms with E-state index in [2.05, 4.69) is 20.6 Å². The summed E-state index contributed by atoms with van der Waals surface area (Å²) in [5.41, 5.74) is 1.16. The molecule has 2 unspecified atom stereocenters. The molecule has 1 saturated carbocycles. The molecule has 0 bridgehead atoms. The lowest BCUT2D eigenvalue weighted by atomic mass is 10.1. The van der Waals surface area contributed by atoms with E-state index >= 15 is 0 Å². The molecule has 0 spiro atoms. The van der Waals surface area contributed by atoms with Crippen LogP contribution in [0.1, 0.15) is 28.6 Å². The third-order valence-corrected chi connectivity index (χ3v) is 4.75. The molecule has 0 aliphatic heterocycles. The molecule has 1 aliphatic carbocycles. The number of aromatic nitrogens is 1. The number of nitrogens with one attached hydrogen (secondary N) is 2. The topological polar surface area (TPSA) is 49.3 Å². The van der Waals surface area contributed by atoms with Gasteiger partial charge in [0.15, 0.2) is 5.96 Å². The Kier molecular flexibility index (Phi) is 6.50. The molecule has 24 heavy (non-hydrogen) atoms. The highest BCUT2D eigenvalue weighted by atomic mass is 127. The average molecular weight is 464 g/mol. The number of hydrogen-bond donors (Lipinski definition) is 2. The maximum absolute atomic E-state index is 13.8. The number of aliphatic imine (C=N–C) groups is 1. The molecule has 1 aromatic carbocycles. The Balaban J connectivity index is 0.00000208. The van der Waals surface area contributed by atoms with Gasteiger partial charge in [0, 0.05) is 35.6 Å². The van der Waals surface area contributed by atoms with Gasteiger partial charge in [-0.3, -0.25) is 4.99 Å². The summed E-state index contributed by atoms with van der Waals surface area (Å²) in [4.78, 5) is 8.52. The van der Waals surface area contributed by atoms with Crippen molar-refractivity contribution < 1.29 is 8.78 Å². The van der Waals surface area contributed by atoms with Crippen molar-refractivity contribution in [2.24, 2.45) is 4.99 Å². The molecule has 0 saturated heterocycles. The minimum atomic E-state index is -0.486. The predicted octanol–water partition coefficient (Wildman–Crippen LogP) is 3.57. The summed E-state index contributed by atoms with van der Waals surface area (Å²) >= 11 is 1.58. The van der Waals surface area contributed by atoms with Gasteiger partial charge in [-0.05, 0) is 25.5 Å². The van der Waals surface area contributed by atoms with Crippen LogP contribution in [0, 0.1) is 18.6 Å². The van der Waals surface area contributed by atoms with E-state index in [0.29, 0.717) is 18.9 Å². The third-order valence-electron chi connectivity index (χ3n) is 3.78. The molecule has 2 aromatic rings. The first kappa shape index (κ1) is 19.0. The summed E-state index contributed by atoms with van der Waals surface area (Å²) in [7, 11) is 1.67. The first-order chi connectivity index (χ1) is 11.1. The Hall–Kier alpha value is -1.29. The van der Waals surface area contributed by atoms with Crippen LogP contribution in [0.25, 0.3) is 0 Å². The van der Waals surface area contributed by atoms with Crippen molar-refractivity contribution >= 4 is 41.3 Å². The monoisotopic (exact) mass is 464 g/mol. The van der Waals surface area contributed by atoms with Crippen LogP contribution in [0.4, 0.5) is 8.78 Å². The summed E-state index contributed by atoms with van der Waals surface area (Å²) in [6.07, 6.45) is 0.689. The molecule has 4 nitrogen and oxygen atoms in total. The van der Waals surface area contributed by atoms with E-state index in [1.165, 1.54) is 18.2 Å². The minimum absolute atomic E-state index is 0. The minimum Gasteiger partial charge on any atom is -0.353 e. The Labute approximate surface area is 160 Å². The normalized spacial score (nSPS) is 19.6. The third kappa shape index (κ3) is 4.41. The fraction of sp³-hybridized carbons (Fsp3) is 0.375. The fourth-order valence-corrected chi connectivity index (χ4v) is 3.26. The molecule has 1 fully saturated rings. The van der Waals surface area contributed by atoms with Gasteiger partial charge >= 0.3 is 0 Å². The molecule has 130 valence electrons. The summed E-state index contributed by atoms with van der Waals surface area (Å²) < 4.78 is 27.6. The molecule has 1 aliphatic rings. The number of aryl methyl sites for hydroxylation is 1. The van der Waals surface area contributed by atoms with Crippen LogP contribution in [0.3, 0.4) is 0 Å². The van der Waals surface area contributed by atoms with Crippen LogP contribution in [0.15, 0.2) is 28.6 Å². The molecule has 1 heterocycles. The number of rotatable bonds is 4. The van der Waals surface area contributed by atoms with E-state index in [0.717, 1.165) is 10.7 Å². The van der Waals surface area contributed by atoms with Crippen molar-refractivity contribution in [3.8, 4) is 0 Å². The fourth-order valence-electron chi connectivity index (χ4n) is 2.55. The number of guanidine groups is 1.